The SMILES string of the molecule is CCCOc1ccc(O)c(C(OC2CCN(C)CC2)c2nc3ccccc3[nH]2)c1. The fourth-order valence-corrected chi connectivity index (χ4v) is 3.75. The number of H-pyrrole nitrogens is 1. The lowest BCUT2D eigenvalue weighted by Crippen LogP contribution is -2.35. The number of aromatic hydroxyl groups is 1. The fraction of sp³-hybridized carbons (Fsp3) is 0.435. The average Bonchev–Trinajstić information content (AvgIpc) is 3.17. The molecule has 2 aromatic carbocycles. The number of hydrogen-bond acceptors (Lipinski definition) is 5. The topological polar surface area (TPSA) is 70.6 Å². The molecule has 154 valence electrons. The first-order valence-electron chi connectivity index (χ1n) is 10.4. The summed E-state index contributed by atoms with van der Waals surface area (Å²) in [7, 11) is 2.13. The van der Waals surface area contributed by atoms with E-state index in [2.05, 4.69) is 23.9 Å². The molecule has 2 heterocycles. The van der Waals surface area contributed by atoms with Gasteiger partial charge in [0.05, 0.1) is 23.7 Å². The molecule has 3 aromatic rings. The third-order valence-electron chi connectivity index (χ3n) is 5.40. The molecule has 0 radical (unpaired) electrons. The van der Waals surface area contributed by atoms with Gasteiger partial charge in [-0.3, -0.25) is 0 Å². The van der Waals surface area contributed by atoms with Crippen LogP contribution >= 0.6 is 0 Å². The van der Waals surface area contributed by atoms with Gasteiger partial charge in [0.15, 0.2) is 0 Å². The number of phenolic OH excluding ortho intramolecular Hbond substituents is 1. The molecule has 29 heavy (non-hydrogen) atoms. The highest BCUT2D eigenvalue weighted by atomic mass is 16.5. The van der Waals surface area contributed by atoms with E-state index in [1.165, 1.54) is 0 Å². The van der Waals surface area contributed by atoms with Crippen molar-refractivity contribution in [2.24, 2.45) is 0 Å². The van der Waals surface area contributed by atoms with Crippen LogP contribution < -0.4 is 4.74 Å². The molecule has 1 aromatic heterocycles. The molecule has 0 bridgehead atoms. The van der Waals surface area contributed by atoms with Gasteiger partial charge >= 0.3 is 0 Å². The first-order chi connectivity index (χ1) is 14.1. The summed E-state index contributed by atoms with van der Waals surface area (Å²) in [6.45, 7) is 4.71. The van der Waals surface area contributed by atoms with E-state index >= 15 is 0 Å². The number of phenols is 1. The second-order valence-electron chi connectivity index (χ2n) is 7.73. The van der Waals surface area contributed by atoms with Gasteiger partial charge in [0.1, 0.15) is 23.4 Å². The van der Waals surface area contributed by atoms with Gasteiger partial charge in [0.2, 0.25) is 0 Å². The standard InChI is InChI=1S/C23H29N3O3/c1-3-14-28-17-8-9-21(27)18(15-17)22(29-16-10-12-26(2)13-11-16)23-24-19-6-4-5-7-20(19)25-23/h4-9,15-16,22,27H,3,10-14H2,1-2H3,(H,24,25). The summed E-state index contributed by atoms with van der Waals surface area (Å²) < 4.78 is 12.3. The number of aromatic amines is 1. The molecule has 0 amide bonds. The Bertz CT molecular complexity index is 914. The maximum atomic E-state index is 10.7. The molecule has 6 heteroatoms. The van der Waals surface area contributed by atoms with Crippen molar-refractivity contribution >= 4 is 11.0 Å². The van der Waals surface area contributed by atoms with Gasteiger partial charge in [0.25, 0.3) is 0 Å². The molecule has 1 unspecified atom stereocenters. The number of fused-ring (bicyclic) bond motifs is 1. The zero-order valence-corrected chi connectivity index (χ0v) is 17.1. The number of aromatic nitrogens is 2. The predicted octanol–water partition coefficient (Wildman–Crippen LogP) is 4.26. The zero-order chi connectivity index (χ0) is 20.2. The van der Waals surface area contributed by atoms with Crippen LogP contribution in [0.4, 0.5) is 0 Å². The summed E-state index contributed by atoms with van der Waals surface area (Å²) in [6, 6.07) is 13.3. The van der Waals surface area contributed by atoms with Crippen molar-refractivity contribution in [2.75, 3.05) is 26.7 Å². The number of nitrogens with one attached hydrogen (secondary N) is 1. The Hall–Kier alpha value is -2.57. The second kappa shape index (κ2) is 8.84. The first kappa shape index (κ1) is 19.7. The summed E-state index contributed by atoms with van der Waals surface area (Å²) in [4.78, 5) is 10.5. The molecule has 1 atom stereocenters. The molecule has 0 spiro atoms. The maximum Gasteiger partial charge on any atom is 0.144 e. The summed E-state index contributed by atoms with van der Waals surface area (Å²) in [5.74, 6) is 1.62. The number of rotatable bonds is 7. The number of ether oxygens (including phenoxy) is 2. The van der Waals surface area contributed by atoms with Gasteiger partial charge in [-0.15, -0.1) is 0 Å². The molecule has 0 saturated carbocycles. The molecular formula is C23H29N3O3. The van der Waals surface area contributed by atoms with E-state index in [9.17, 15) is 5.11 Å². The lowest BCUT2D eigenvalue weighted by molar-refractivity contribution is -0.0272. The first-order valence-corrected chi connectivity index (χ1v) is 10.4. The van der Waals surface area contributed by atoms with Crippen LogP contribution in [0, 0.1) is 0 Å². The number of piperidine rings is 1. The molecule has 0 aliphatic carbocycles. The fourth-order valence-electron chi connectivity index (χ4n) is 3.75. The van der Waals surface area contributed by atoms with E-state index < -0.39 is 6.10 Å². The summed E-state index contributed by atoms with van der Waals surface area (Å²) >= 11 is 0. The van der Waals surface area contributed by atoms with E-state index in [1.54, 1.807) is 12.1 Å². The highest BCUT2D eigenvalue weighted by Crippen LogP contribution is 2.36. The van der Waals surface area contributed by atoms with Crippen LogP contribution in [0.3, 0.4) is 0 Å². The van der Waals surface area contributed by atoms with Crippen LogP contribution in [-0.4, -0.2) is 52.8 Å². The largest absolute Gasteiger partial charge is 0.508 e. The van der Waals surface area contributed by atoms with Crippen LogP contribution in [0.2, 0.25) is 0 Å². The van der Waals surface area contributed by atoms with Crippen LogP contribution in [0.25, 0.3) is 11.0 Å². The normalized spacial score (nSPS) is 16.9. The van der Waals surface area contributed by atoms with Crippen molar-refractivity contribution in [1.29, 1.82) is 0 Å². The quantitative estimate of drug-likeness (QED) is 0.626. The Morgan fingerprint density at radius 1 is 1.21 bits per heavy atom. The number of likely N-dealkylation sites (tertiary alicyclic amines) is 1. The number of nitrogens with zero attached hydrogens (tertiary/aromatic N) is 2. The van der Waals surface area contributed by atoms with Gasteiger partial charge < -0.3 is 24.5 Å². The van der Waals surface area contributed by atoms with Crippen LogP contribution in [0.5, 0.6) is 11.5 Å². The number of para-hydroxylation sites is 2. The Kier molecular flexibility index (Phi) is 6.02. The van der Waals surface area contributed by atoms with Crippen LogP contribution in [-0.2, 0) is 4.74 Å². The molecule has 1 aliphatic heterocycles. The van der Waals surface area contributed by atoms with Crippen molar-refractivity contribution in [1.82, 2.24) is 14.9 Å². The van der Waals surface area contributed by atoms with Gasteiger partial charge in [-0.25, -0.2) is 4.98 Å². The molecule has 1 saturated heterocycles. The number of imidazole rings is 1. The molecule has 4 rings (SSSR count). The summed E-state index contributed by atoms with van der Waals surface area (Å²) in [6.07, 6.45) is 2.47. The molecule has 2 N–H and O–H groups in total. The Balaban J connectivity index is 1.69. The summed E-state index contributed by atoms with van der Waals surface area (Å²) in [5, 5.41) is 10.7. The van der Waals surface area contributed by atoms with E-state index in [-0.39, 0.29) is 11.9 Å². The maximum absolute atomic E-state index is 10.7. The Labute approximate surface area is 171 Å². The van der Waals surface area contributed by atoms with Crippen molar-refractivity contribution in [3.8, 4) is 11.5 Å². The Morgan fingerprint density at radius 2 is 2.00 bits per heavy atom. The number of hydrogen-bond donors (Lipinski definition) is 2. The Morgan fingerprint density at radius 3 is 2.76 bits per heavy atom. The van der Waals surface area contributed by atoms with Gasteiger partial charge in [-0.05, 0) is 56.6 Å². The third-order valence-corrected chi connectivity index (χ3v) is 5.40. The van der Waals surface area contributed by atoms with Crippen molar-refractivity contribution in [2.45, 2.75) is 38.4 Å². The minimum Gasteiger partial charge on any atom is -0.508 e. The van der Waals surface area contributed by atoms with E-state index in [1.807, 2.05) is 30.3 Å². The third kappa shape index (κ3) is 4.54. The lowest BCUT2D eigenvalue weighted by Gasteiger charge is -2.31. The summed E-state index contributed by atoms with van der Waals surface area (Å²) in [5.41, 5.74) is 2.52. The van der Waals surface area contributed by atoms with Gasteiger partial charge in [-0.2, -0.15) is 0 Å². The van der Waals surface area contributed by atoms with Gasteiger partial charge in [-0.1, -0.05) is 19.1 Å². The molecular weight excluding hydrogens is 366 g/mol. The molecule has 6 nitrogen and oxygen atoms in total. The van der Waals surface area contributed by atoms with Crippen LogP contribution in [0.1, 0.15) is 43.7 Å². The smallest absolute Gasteiger partial charge is 0.144 e. The minimum atomic E-state index is -0.485. The zero-order valence-electron chi connectivity index (χ0n) is 17.1. The molecule has 1 fully saturated rings. The lowest BCUT2D eigenvalue weighted by atomic mass is 10.0. The second-order valence-corrected chi connectivity index (χ2v) is 7.73. The monoisotopic (exact) mass is 395 g/mol. The van der Waals surface area contributed by atoms with E-state index in [0.717, 1.165) is 49.1 Å². The number of benzene rings is 2. The highest BCUT2D eigenvalue weighted by Gasteiger charge is 2.28. The highest BCUT2D eigenvalue weighted by molar-refractivity contribution is 5.75. The van der Waals surface area contributed by atoms with Crippen molar-refractivity contribution < 1.29 is 14.6 Å². The van der Waals surface area contributed by atoms with Crippen LogP contribution in [0.15, 0.2) is 42.5 Å². The van der Waals surface area contributed by atoms with E-state index in [4.69, 9.17) is 14.5 Å². The average molecular weight is 396 g/mol. The minimum absolute atomic E-state index is 0.115. The van der Waals surface area contributed by atoms with Crippen molar-refractivity contribution in [3.63, 3.8) is 0 Å². The predicted molar refractivity (Wildman–Crippen MR) is 113 cm³/mol. The molecule has 1 aliphatic rings. The van der Waals surface area contributed by atoms with E-state index in [0.29, 0.717) is 18.0 Å². The van der Waals surface area contributed by atoms with Crippen molar-refractivity contribution in [3.05, 3.63) is 53.9 Å². The van der Waals surface area contributed by atoms with Gasteiger partial charge in [0, 0.05) is 18.7 Å².